The van der Waals surface area contributed by atoms with Crippen LogP contribution >= 0.6 is 0 Å². The molecule has 1 aliphatic carbocycles. The molecule has 0 bridgehead atoms. The average Bonchev–Trinajstić information content (AvgIpc) is 2.91. The fourth-order valence-electron chi connectivity index (χ4n) is 3.89. The Kier molecular flexibility index (Phi) is 5.67. The lowest BCUT2D eigenvalue weighted by Crippen LogP contribution is -2.46. The largest absolute Gasteiger partial charge is 0.497 e. The highest BCUT2D eigenvalue weighted by atomic mass is 16.5. The molecule has 2 aliphatic rings. The molecule has 0 unspecified atom stereocenters. The van der Waals surface area contributed by atoms with Gasteiger partial charge in [0, 0.05) is 12.1 Å². The van der Waals surface area contributed by atoms with E-state index in [1.807, 2.05) is 6.92 Å². The molecule has 3 rings (SSSR count). The Morgan fingerprint density at radius 1 is 1.07 bits per heavy atom. The van der Waals surface area contributed by atoms with E-state index in [1.165, 1.54) is 20.3 Å². The fourth-order valence-corrected chi connectivity index (χ4v) is 3.89. The van der Waals surface area contributed by atoms with Gasteiger partial charge in [-0.3, -0.25) is 19.3 Å². The molecule has 2 atom stereocenters. The predicted octanol–water partition coefficient (Wildman–Crippen LogP) is 2.26. The molecule has 1 saturated carbocycles. The number of nitrogens with zero attached hydrogens (tertiary/aromatic N) is 2. The Morgan fingerprint density at radius 3 is 2.43 bits per heavy atom. The summed E-state index contributed by atoms with van der Waals surface area (Å²) in [5.41, 5.74) is 0.209. The molecule has 1 aliphatic heterocycles. The van der Waals surface area contributed by atoms with Gasteiger partial charge in [0.05, 0.1) is 26.3 Å². The highest BCUT2D eigenvalue weighted by molar-refractivity contribution is 6.45. The molecule has 8 heteroatoms. The van der Waals surface area contributed by atoms with E-state index in [2.05, 4.69) is 0 Å². The topological polar surface area (TPSA) is 93.2 Å². The summed E-state index contributed by atoms with van der Waals surface area (Å²) in [6, 6.07) is 3.63. The van der Waals surface area contributed by atoms with Gasteiger partial charge in [0.25, 0.3) is 0 Å². The van der Waals surface area contributed by atoms with Crippen molar-refractivity contribution in [3.8, 4) is 11.5 Å². The van der Waals surface area contributed by atoms with Crippen molar-refractivity contribution in [2.45, 2.75) is 38.6 Å². The number of hydrogen-bond acceptors (Lipinski definition) is 6. The van der Waals surface area contributed by atoms with E-state index in [0.29, 0.717) is 12.2 Å². The zero-order chi connectivity index (χ0) is 20.4. The zero-order valence-corrected chi connectivity index (χ0v) is 16.3. The lowest BCUT2D eigenvalue weighted by atomic mass is 9.85. The van der Waals surface area contributed by atoms with Gasteiger partial charge in [-0.2, -0.15) is 0 Å². The SMILES string of the molecule is COc1ccc(C(=O)CN2C(=O)C(=O)N([C@@H]3CCCC[C@H]3C)C2=O)c(OC)c1. The molecule has 1 heterocycles. The Morgan fingerprint density at radius 2 is 1.79 bits per heavy atom. The third kappa shape index (κ3) is 3.46. The molecule has 8 nitrogen and oxygen atoms in total. The molecule has 4 amide bonds. The van der Waals surface area contributed by atoms with Gasteiger partial charge in [-0.25, -0.2) is 9.69 Å². The van der Waals surface area contributed by atoms with Crippen molar-refractivity contribution in [2.24, 2.45) is 5.92 Å². The quantitative estimate of drug-likeness (QED) is 0.422. The third-order valence-corrected chi connectivity index (χ3v) is 5.49. The minimum absolute atomic E-state index is 0.131. The second-order valence-electron chi connectivity index (χ2n) is 7.17. The molecule has 1 aromatic rings. The Hall–Kier alpha value is -2.90. The molecule has 0 aromatic heterocycles. The van der Waals surface area contributed by atoms with Crippen LogP contribution in [0.4, 0.5) is 4.79 Å². The number of carbonyl (C=O) groups is 4. The summed E-state index contributed by atoms with van der Waals surface area (Å²) in [6.07, 6.45) is 3.53. The first-order valence-corrected chi connectivity index (χ1v) is 9.33. The number of amides is 4. The maximum Gasteiger partial charge on any atom is 0.334 e. The van der Waals surface area contributed by atoms with E-state index in [0.717, 1.165) is 29.1 Å². The number of carbonyl (C=O) groups excluding carboxylic acids is 4. The normalized spacial score (nSPS) is 22.6. The maximum atomic E-state index is 12.8. The van der Waals surface area contributed by atoms with E-state index in [1.54, 1.807) is 12.1 Å². The van der Waals surface area contributed by atoms with Crippen molar-refractivity contribution >= 4 is 23.6 Å². The van der Waals surface area contributed by atoms with E-state index in [9.17, 15) is 19.2 Å². The number of Topliss-reactive ketones (excluding diaryl/α,β-unsaturated/α-hetero) is 1. The van der Waals surface area contributed by atoms with Gasteiger partial charge >= 0.3 is 17.8 Å². The van der Waals surface area contributed by atoms with Gasteiger partial charge in [0.15, 0.2) is 5.78 Å². The Balaban J connectivity index is 1.80. The molecule has 28 heavy (non-hydrogen) atoms. The van der Waals surface area contributed by atoms with Crippen molar-refractivity contribution in [1.29, 1.82) is 0 Å². The lowest BCUT2D eigenvalue weighted by molar-refractivity contribution is -0.144. The first kappa shape index (κ1) is 19.9. The molecule has 0 N–H and O–H groups in total. The second-order valence-corrected chi connectivity index (χ2v) is 7.17. The van der Waals surface area contributed by atoms with Crippen LogP contribution in [0.2, 0.25) is 0 Å². The highest BCUT2D eigenvalue weighted by Crippen LogP contribution is 2.31. The number of imide groups is 2. The summed E-state index contributed by atoms with van der Waals surface area (Å²) >= 11 is 0. The number of rotatable bonds is 6. The maximum absolute atomic E-state index is 12.8. The van der Waals surface area contributed by atoms with Gasteiger partial charge in [-0.05, 0) is 30.9 Å². The average molecular weight is 388 g/mol. The van der Waals surface area contributed by atoms with Crippen LogP contribution in [-0.4, -0.2) is 60.2 Å². The third-order valence-electron chi connectivity index (χ3n) is 5.49. The number of methoxy groups -OCH3 is 2. The van der Waals surface area contributed by atoms with E-state index in [4.69, 9.17) is 9.47 Å². The number of hydrogen-bond donors (Lipinski definition) is 0. The van der Waals surface area contributed by atoms with Gasteiger partial charge in [-0.15, -0.1) is 0 Å². The number of urea groups is 1. The van der Waals surface area contributed by atoms with Gasteiger partial charge in [0.2, 0.25) is 0 Å². The van der Waals surface area contributed by atoms with Crippen LogP contribution in [0.15, 0.2) is 18.2 Å². The Labute approximate surface area is 163 Å². The first-order valence-electron chi connectivity index (χ1n) is 9.33. The monoisotopic (exact) mass is 388 g/mol. The van der Waals surface area contributed by atoms with Crippen molar-refractivity contribution in [2.75, 3.05) is 20.8 Å². The summed E-state index contributed by atoms with van der Waals surface area (Å²) in [6.45, 7) is 1.47. The van der Waals surface area contributed by atoms with Crippen LogP contribution in [0, 0.1) is 5.92 Å². The minimum Gasteiger partial charge on any atom is -0.497 e. The molecule has 1 aromatic carbocycles. The van der Waals surface area contributed by atoms with Crippen LogP contribution in [0.1, 0.15) is 43.0 Å². The molecule has 0 radical (unpaired) electrons. The van der Waals surface area contributed by atoms with Gasteiger partial charge < -0.3 is 9.47 Å². The summed E-state index contributed by atoms with van der Waals surface area (Å²) in [5, 5.41) is 0. The number of ketones is 1. The van der Waals surface area contributed by atoms with Crippen LogP contribution in [0.3, 0.4) is 0 Å². The van der Waals surface area contributed by atoms with Gasteiger partial charge in [0.1, 0.15) is 11.5 Å². The number of ether oxygens (including phenoxy) is 2. The Bertz CT molecular complexity index is 821. The van der Waals surface area contributed by atoms with Crippen LogP contribution in [0.25, 0.3) is 0 Å². The smallest absolute Gasteiger partial charge is 0.334 e. The molecular formula is C20H24N2O6. The summed E-state index contributed by atoms with van der Waals surface area (Å²) in [7, 11) is 2.90. The van der Waals surface area contributed by atoms with E-state index < -0.39 is 30.2 Å². The summed E-state index contributed by atoms with van der Waals surface area (Å²) in [5.74, 6) is -1.39. The van der Waals surface area contributed by atoms with Crippen molar-refractivity contribution in [3.05, 3.63) is 23.8 Å². The van der Waals surface area contributed by atoms with E-state index in [-0.39, 0.29) is 23.3 Å². The van der Waals surface area contributed by atoms with Crippen LogP contribution < -0.4 is 9.47 Å². The van der Waals surface area contributed by atoms with Crippen LogP contribution in [0.5, 0.6) is 11.5 Å². The fraction of sp³-hybridized carbons (Fsp3) is 0.500. The second kappa shape index (κ2) is 8.00. The van der Waals surface area contributed by atoms with Gasteiger partial charge in [-0.1, -0.05) is 19.8 Å². The molecule has 2 fully saturated rings. The minimum atomic E-state index is -0.955. The van der Waals surface area contributed by atoms with Crippen molar-refractivity contribution < 1.29 is 28.7 Å². The van der Waals surface area contributed by atoms with E-state index >= 15 is 0 Å². The molecule has 1 saturated heterocycles. The van der Waals surface area contributed by atoms with Crippen molar-refractivity contribution in [1.82, 2.24) is 9.80 Å². The molecular weight excluding hydrogens is 364 g/mol. The zero-order valence-electron chi connectivity index (χ0n) is 16.3. The highest BCUT2D eigenvalue weighted by Gasteiger charge is 2.49. The summed E-state index contributed by atoms with van der Waals surface area (Å²) < 4.78 is 10.3. The number of benzene rings is 1. The van der Waals surface area contributed by atoms with Crippen LogP contribution in [-0.2, 0) is 9.59 Å². The standard InChI is InChI=1S/C20H24N2O6/c1-12-6-4-5-7-15(12)22-19(25)18(24)21(20(22)26)11-16(23)14-9-8-13(27-2)10-17(14)28-3/h8-10,12,15H,4-7,11H2,1-3H3/t12-,15-/m1/s1. The molecule has 0 spiro atoms. The summed E-state index contributed by atoms with van der Waals surface area (Å²) in [4.78, 5) is 52.2. The lowest BCUT2D eigenvalue weighted by Gasteiger charge is -2.34. The molecule has 150 valence electrons. The van der Waals surface area contributed by atoms with Crippen molar-refractivity contribution in [3.63, 3.8) is 0 Å². The first-order chi connectivity index (χ1) is 13.4. The predicted molar refractivity (Wildman–Crippen MR) is 99.3 cm³/mol.